The fourth-order valence-corrected chi connectivity index (χ4v) is 2.73. The predicted molar refractivity (Wildman–Crippen MR) is 88.7 cm³/mol. The average Bonchev–Trinajstić information content (AvgIpc) is 2.99. The molecule has 0 bridgehead atoms. The first kappa shape index (κ1) is 17.1. The zero-order valence-corrected chi connectivity index (χ0v) is 14.4. The van der Waals surface area contributed by atoms with E-state index in [2.05, 4.69) is 14.9 Å². The van der Waals surface area contributed by atoms with Crippen LogP contribution in [0, 0.1) is 13.8 Å². The minimum atomic E-state index is -0.909. The lowest BCUT2D eigenvalue weighted by Gasteiger charge is -2.16. The number of ether oxygens (including phenoxy) is 1. The number of benzene rings is 1. The first-order valence-electron chi connectivity index (χ1n) is 7.33. The quantitative estimate of drug-likeness (QED) is 0.851. The molecule has 0 aliphatic carbocycles. The normalized spacial score (nSPS) is 11.8. The minimum absolute atomic E-state index is 0.347. The van der Waals surface area contributed by atoms with Crippen LogP contribution in [0.5, 0.6) is 0 Å². The van der Waals surface area contributed by atoms with Gasteiger partial charge in [-0.2, -0.15) is 0 Å². The van der Waals surface area contributed by atoms with Crippen LogP contribution in [0.3, 0.4) is 0 Å². The first-order valence-corrected chi connectivity index (χ1v) is 8.10. The van der Waals surface area contributed by atoms with Gasteiger partial charge in [-0.25, -0.2) is 4.79 Å². The number of nitrogens with one attached hydrogen (secondary N) is 1. The van der Waals surface area contributed by atoms with E-state index in [0.29, 0.717) is 17.0 Å². The third kappa shape index (κ3) is 3.92. The van der Waals surface area contributed by atoms with Crippen LogP contribution in [0.15, 0.2) is 18.2 Å². The highest BCUT2D eigenvalue weighted by atomic mass is 32.1. The van der Waals surface area contributed by atoms with Gasteiger partial charge in [-0.3, -0.25) is 4.79 Å². The number of para-hydroxylation sites is 1. The van der Waals surface area contributed by atoms with Crippen LogP contribution in [0.2, 0.25) is 0 Å². The van der Waals surface area contributed by atoms with E-state index in [1.54, 1.807) is 6.92 Å². The molecular formula is C16H19N3O3S. The molecule has 122 valence electrons. The Balaban J connectivity index is 2.04. The molecule has 7 heteroatoms. The molecule has 1 amide bonds. The molecule has 1 N–H and O–H groups in total. The highest BCUT2D eigenvalue weighted by Gasteiger charge is 2.23. The van der Waals surface area contributed by atoms with Crippen molar-refractivity contribution in [1.82, 2.24) is 9.59 Å². The summed E-state index contributed by atoms with van der Waals surface area (Å²) >= 11 is 0.977. The number of rotatable bonds is 5. The molecule has 0 radical (unpaired) electrons. The molecule has 0 saturated carbocycles. The van der Waals surface area contributed by atoms with Crippen molar-refractivity contribution in [3.63, 3.8) is 0 Å². The number of amides is 1. The Morgan fingerprint density at radius 1 is 1.30 bits per heavy atom. The van der Waals surface area contributed by atoms with E-state index < -0.39 is 12.1 Å². The van der Waals surface area contributed by atoms with Gasteiger partial charge in [0, 0.05) is 5.69 Å². The highest BCUT2D eigenvalue weighted by Crippen LogP contribution is 2.20. The lowest BCUT2D eigenvalue weighted by molar-refractivity contribution is -0.123. The van der Waals surface area contributed by atoms with Gasteiger partial charge < -0.3 is 10.1 Å². The number of esters is 1. The van der Waals surface area contributed by atoms with E-state index in [1.165, 1.54) is 0 Å². The largest absolute Gasteiger partial charge is 0.448 e. The van der Waals surface area contributed by atoms with Gasteiger partial charge in [0.15, 0.2) is 11.0 Å². The fourth-order valence-electron chi connectivity index (χ4n) is 2.10. The summed E-state index contributed by atoms with van der Waals surface area (Å²) in [6.45, 7) is 7.25. The lowest BCUT2D eigenvalue weighted by Crippen LogP contribution is -2.30. The molecule has 6 nitrogen and oxygen atoms in total. The summed E-state index contributed by atoms with van der Waals surface area (Å²) in [6.07, 6.45) is -0.322. The maximum atomic E-state index is 12.3. The molecule has 0 aliphatic rings. The summed E-state index contributed by atoms with van der Waals surface area (Å²) in [4.78, 5) is 24.7. The van der Waals surface area contributed by atoms with Gasteiger partial charge in [0.25, 0.3) is 5.91 Å². The molecule has 1 aromatic heterocycles. The van der Waals surface area contributed by atoms with E-state index in [-0.39, 0.29) is 5.91 Å². The second kappa shape index (κ2) is 7.32. The van der Waals surface area contributed by atoms with Crippen LogP contribution in [-0.2, 0) is 16.0 Å². The molecule has 0 aliphatic heterocycles. The smallest absolute Gasteiger partial charge is 0.352 e. The van der Waals surface area contributed by atoms with Crippen LogP contribution in [0.1, 0.15) is 40.3 Å². The van der Waals surface area contributed by atoms with Crippen LogP contribution in [-0.4, -0.2) is 27.6 Å². The number of anilines is 1. The maximum absolute atomic E-state index is 12.3. The first-order chi connectivity index (χ1) is 10.9. The number of nitrogens with zero attached hydrogens (tertiary/aromatic N) is 2. The Bertz CT molecular complexity index is 707. The van der Waals surface area contributed by atoms with E-state index in [1.807, 2.05) is 39.0 Å². The fraction of sp³-hybridized carbons (Fsp3) is 0.375. The Morgan fingerprint density at radius 2 is 1.96 bits per heavy atom. The third-order valence-corrected chi connectivity index (χ3v) is 4.21. The van der Waals surface area contributed by atoms with Gasteiger partial charge in [0.1, 0.15) is 0 Å². The second-order valence-electron chi connectivity index (χ2n) is 5.21. The molecule has 1 atom stereocenters. The van der Waals surface area contributed by atoms with Gasteiger partial charge >= 0.3 is 5.97 Å². The van der Waals surface area contributed by atoms with Crippen LogP contribution < -0.4 is 5.32 Å². The maximum Gasteiger partial charge on any atom is 0.352 e. The summed E-state index contributed by atoms with van der Waals surface area (Å²) in [5, 5.41) is 6.68. The molecule has 0 fully saturated rings. The van der Waals surface area contributed by atoms with Gasteiger partial charge in [-0.05, 0) is 49.9 Å². The molecule has 1 aromatic carbocycles. The van der Waals surface area contributed by atoms with Gasteiger partial charge in [-0.15, -0.1) is 5.10 Å². The number of hydrogen-bond acceptors (Lipinski definition) is 6. The van der Waals surface area contributed by atoms with Gasteiger partial charge in [0.05, 0.1) is 5.69 Å². The molecule has 2 aromatic rings. The SMILES string of the molecule is CCc1nnsc1C(=O)O[C@H](C)C(=O)Nc1c(C)cccc1C. The van der Waals surface area contributed by atoms with E-state index >= 15 is 0 Å². The van der Waals surface area contributed by atoms with Gasteiger partial charge in [-0.1, -0.05) is 29.6 Å². The number of aromatic nitrogens is 2. The summed E-state index contributed by atoms with van der Waals surface area (Å²) < 4.78 is 8.98. The van der Waals surface area contributed by atoms with Crippen LogP contribution >= 0.6 is 11.5 Å². The average molecular weight is 333 g/mol. The standard InChI is InChI=1S/C16H19N3O3S/c1-5-12-14(23-19-18-12)16(21)22-11(4)15(20)17-13-9(2)7-6-8-10(13)3/h6-8,11H,5H2,1-4H3,(H,17,20)/t11-/m1/s1. The molecule has 0 unspecified atom stereocenters. The number of aryl methyl sites for hydroxylation is 3. The third-order valence-electron chi connectivity index (χ3n) is 3.46. The molecule has 0 saturated heterocycles. The van der Waals surface area contributed by atoms with Crippen molar-refractivity contribution in [3.8, 4) is 0 Å². The molecule has 0 spiro atoms. The zero-order chi connectivity index (χ0) is 17.0. The van der Waals surface area contributed by atoms with E-state index in [0.717, 1.165) is 28.3 Å². The van der Waals surface area contributed by atoms with Crippen molar-refractivity contribution in [3.05, 3.63) is 39.9 Å². The summed E-state index contributed by atoms with van der Waals surface area (Å²) in [5.74, 6) is -0.938. The van der Waals surface area contributed by atoms with Crippen molar-refractivity contribution in [2.45, 2.75) is 40.2 Å². The second-order valence-corrected chi connectivity index (χ2v) is 5.96. The zero-order valence-electron chi connectivity index (χ0n) is 13.5. The Kier molecular flexibility index (Phi) is 5.44. The van der Waals surface area contributed by atoms with Crippen molar-refractivity contribution < 1.29 is 14.3 Å². The lowest BCUT2D eigenvalue weighted by atomic mass is 10.1. The number of carbonyl (C=O) groups is 2. The van der Waals surface area contributed by atoms with E-state index in [9.17, 15) is 9.59 Å². The monoisotopic (exact) mass is 333 g/mol. The topological polar surface area (TPSA) is 81.2 Å². The Morgan fingerprint density at radius 3 is 2.57 bits per heavy atom. The molecule has 2 rings (SSSR count). The molecular weight excluding hydrogens is 314 g/mol. The van der Waals surface area contributed by atoms with E-state index in [4.69, 9.17) is 4.74 Å². The summed E-state index contributed by atoms with van der Waals surface area (Å²) in [6, 6.07) is 5.75. The predicted octanol–water partition coefficient (Wildman–Crippen LogP) is 2.90. The summed E-state index contributed by atoms with van der Waals surface area (Å²) in [7, 11) is 0. The number of carbonyl (C=O) groups excluding carboxylic acids is 2. The Hall–Kier alpha value is -2.28. The van der Waals surface area contributed by atoms with Crippen molar-refractivity contribution in [2.24, 2.45) is 0 Å². The highest BCUT2D eigenvalue weighted by molar-refractivity contribution is 7.07. The summed E-state index contributed by atoms with van der Waals surface area (Å²) in [5.41, 5.74) is 3.24. The Labute approximate surface area is 139 Å². The van der Waals surface area contributed by atoms with Crippen molar-refractivity contribution in [1.29, 1.82) is 0 Å². The molecule has 1 heterocycles. The molecule has 23 heavy (non-hydrogen) atoms. The van der Waals surface area contributed by atoms with Crippen LogP contribution in [0.25, 0.3) is 0 Å². The van der Waals surface area contributed by atoms with Crippen molar-refractivity contribution >= 4 is 29.1 Å². The minimum Gasteiger partial charge on any atom is -0.448 e. The van der Waals surface area contributed by atoms with Gasteiger partial charge in [0.2, 0.25) is 0 Å². The number of hydrogen-bond donors (Lipinski definition) is 1. The van der Waals surface area contributed by atoms with Crippen molar-refractivity contribution in [2.75, 3.05) is 5.32 Å². The van der Waals surface area contributed by atoms with Crippen LogP contribution in [0.4, 0.5) is 5.69 Å².